The van der Waals surface area contributed by atoms with Crippen molar-refractivity contribution in [2.24, 2.45) is 5.73 Å². The highest BCUT2D eigenvalue weighted by Gasteiger charge is 2.22. The Morgan fingerprint density at radius 2 is 1.65 bits per heavy atom. The van der Waals surface area contributed by atoms with E-state index in [0.29, 0.717) is 62.8 Å². The molecule has 2 aromatic carbocycles. The number of anilines is 1. The maximum Gasteiger partial charge on any atom is 0.293 e. The van der Waals surface area contributed by atoms with Crippen LogP contribution in [0.15, 0.2) is 73.6 Å². The molecule has 1 aliphatic rings. The number of nitrogens with one attached hydrogen (secondary N) is 2. The van der Waals surface area contributed by atoms with Crippen LogP contribution in [0.1, 0.15) is 29.5 Å². The van der Waals surface area contributed by atoms with E-state index in [4.69, 9.17) is 10.5 Å². The van der Waals surface area contributed by atoms with Crippen LogP contribution in [0.2, 0.25) is 0 Å². The number of ether oxygens (including phenoxy) is 2. The highest BCUT2D eigenvalue weighted by molar-refractivity contribution is 5.44. The number of nitrogen functional groups attached to an aromatic ring is 1. The lowest BCUT2D eigenvalue weighted by Gasteiger charge is -2.29. The van der Waals surface area contributed by atoms with Crippen LogP contribution in [0.5, 0.6) is 0 Å². The Hall–Kier alpha value is -4.25. The van der Waals surface area contributed by atoms with Crippen molar-refractivity contribution in [3.05, 3.63) is 108 Å². The molecule has 0 radical (unpaired) electrons. The number of morpholine rings is 1. The molecule has 1 unspecified atom stereocenters. The molecule has 270 valence electrons. The molecule has 3 atom stereocenters. The summed E-state index contributed by atoms with van der Waals surface area (Å²) >= 11 is 0. The van der Waals surface area contributed by atoms with E-state index in [0.717, 1.165) is 24.1 Å². The van der Waals surface area contributed by atoms with Crippen LogP contribution in [-0.4, -0.2) is 89.0 Å². The fourth-order valence-electron chi connectivity index (χ4n) is 4.38. The summed E-state index contributed by atoms with van der Waals surface area (Å²) in [6.07, 6.45) is 15.6. The molecular weight excluding hydrogens is 633 g/mol. The fraction of sp³-hybridized carbons (Fsp3) is 0.405. The second-order valence-corrected chi connectivity index (χ2v) is 10.9. The van der Waals surface area contributed by atoms with Gasteiger partial charge in [-0.25, -0.2) is 13.2 Å². The van der Waals surface area contributed by atoms with Crippen LogP contribution >= 0.6 is 0 Å². The predicted molar refractivity (Wildman–Crippen MR) is 192 cm³/mol. The minimum absolute atomic E-state index is 0.00514. The van der Waals surface area contributed by atoms with Crippen molar-refractivity contribution in [1.82, 2.24) is 20.5 Å². The number of carbonyl (C=O) groups is 1. The SMILES string of the molecule is C#C.C=CC(CCN(C)C)NC.CN.Fc1ccc(Cc2ccc(F)cc2)cc1.Nc1cncc(F)c1CC[C@@H]1CN[C@H](COC=O)CO1. The average Bonchev–Trinajstić information content (AvgIpc) is 3.12. The second kappa shape index (κ2) is 27.7. The molecule has 0 saturated carbocycles. The van der Waals surface area contributed by atoms with Crippen molar-refractivity contribution >= 4 is 12.2 Å². The van der Waals surface area contributed by atoms with Gasteiger partial charge in [-0.15, -0.1) is 19.4 Å². The predicted octanol–water partition coefficient (Wildman–Crippen LogP) is 4.36. The van der Waals surface area contributed by atoms with Gasteiger partial charge in [0.25, 0.3) is 6.47 Å². The van der Waals surface area contributed by atoms with Crippen molar-refractivity contribution in [2.45, 2.75) is 43.9 Å². The van der Waals surface area contributed by atoms with Gasteiger partial charge in [0.05, 0.1) is 36.8 Å². The first-order valence-electron chi connectivity index (χ1n) is 15.8. The van der Waals surface area contributed by atoms with Gasteiger partial charge in [-0.1, -0.05) is 30.3 Å². The van der Waals surface area contributed by atoms with Gasteiger partial charge in [0.1, 0.15) is 24.1 Å². The van der Waals surface area contributed by atoms with Gasteiger partial charge in [-0.3, -0.25) is 9.78 Å². The highest BCUT2D eigenvalue weighted by Crippen LogP contribution is 2.18. The third-order valence-electron chi connectivity index (χ3n) is 7.06. The molecule has 1 aromatic heterocycles. The number of aromatic nitrogens is 1. The molecular formula is C37H53F3N6O3. The number of carbonyl (C=O) groups excluding carboxylic acids is 1. The van der Waals surface area contributed by atoms with E-state index in [9.17, 15) is 18.0 Å². The number of hydrogen-bond acceptors (Lipinski definition) is 9. The van der Waals surface area contributed by atoms with Gasteiger partial charge < -0.3 is 36.5 Å². The molecule has 6 N–H and O–H groups in total. The van der Waals surface area contributed by atoms with Crippen LogP contribution in [0.3, 0.4) is 0 Å². The Balaban J connectivity index is 0.000000705. The molecule has 0 amide bonds. The molecule has 1 saturated heterocycles. The summed E-state index contributed by atoms with van der Waals surface area (Å²) < 4.78 is 49.1. The van der Waals surface area contributed by atoms with E-state index < -0.39 is 0 Å². The minimum Gasteiger partial charge on any atom is -0.466 e. The summed E-state index contributed by atoms with van der Waals surface area (Å²) in [5.41, 5.74) is 13.1. The normalized spacial score (nSPS) is 15.2. The number of pyridine rings is 1. The zero-order chi connectivity index (χ0) is 37.0. The van der Waals surface area contributed by atoms with E-state index >= 15 is 0 Å². The number of likely N-dealkylation sites (N-methyl/N-ethyl adjacent to an activating group) is 1. The van der Waals surface area contributed by atoms with Gasteiger partial charge in [0, 0.05) is 18.2 Å². The van der Waals surface area contributed by atoms with Gasteiger partial charge in [-0.2, -0.15) is 0 Å². The first-order chi connectivity index (χ1) is 23.6. The number of nitrogens with two attached hydrogens (primary N) is 2. The largest absolute Gasteiger partial charge is 0.466 e. The zero-order valence-electron chi connectivity index (χ0n) is 29.1. The molecule has 0 aliphatic carbocycles. The lowest BCUT2D eigenvalue weighted by Crippen LogP contribution is -2.48. The number of hydrogen-bond donors (Lipinski definition) is 4. The Labute approximate surface area is 290 Å². The van der Waals surface area contributed by atoms with E-state index in [2.05, 4.69) is 64.5 Å². The molecule has 3 aromatic rings. The topological polar surface area (TPSA) is 128 Å². The van der Waals surface area contributed by atoms with Gasteiger partial charge in [-0.05, 0) is 95.8 Å². The van der Waals surface area contributed by atoms with Gasteiger partial charge in [0.15, 0.2) is 0 Å². The monoisotopic (exact) mass is 686 g/mol. The number of benzene rings is 2. The smallest absolute Gasteiger partial charge is 0.293 e. The molecule has 1 aliphatic heterocycles. The summed E-state index contributed by atoms with van der Waals surface area (Å²) in [7, 11) is 7.62. The average molecular weight is 687 g/mol. The number of halogens is 3. The Bertz CT molecular complexity index is 1240. The van der Waals surface area contributed by atoms with Crippen molar-refractivity contribution in [3.63, 3.8) is 0 Å². The van der Waals surface area contributed by atoms with Gasteiger partial charge >= 0.3 is 0 Å². The molecule has 0 bridgehead atoms. The van der Waals surface area contributed by atoms with Crippen molar-refractivity contribution in [1.29, 1.82) is 0 Å². The van der Waals surface area contributed by atoms with E-state index in [1.165, 1.54) is 43.7 Å². The van der Waals surface area contributed by atoms with Crippen LogP contribution in [0, 0.1) is 30.3 Å². The Kier molecular flexibility index (Phi) is 25.3. The molecule has 2 heterocycles. The number of nitrogens with zero attached hydrogens (tertiary/aromatic N) is 2. The number of terminal acetylenes is 1. The summed E-state index contributed by atoms with van der Waals surface area (Å²) in [5.74, 6) is -0.859. The van der Waals surface area contributed by atoms with E-state index in [-0.39, 0.29) is 29.6 Å². The minimum atomic E-state index is -0.383. The van der Waals surface area contributed by atoms with E-state index in [1.54, 1.807) is 24.3 Å². The first kappa shape index (κ1) is 44.8. The van der Waals surface area contributed by atoms with Gasteiger partial charge in [0.2, 0.25) is 0 Å². The molecule has 9 nitrogen and oxygen atoms in total. The third kappa shape index (κ3) is 20.0. The highest BCUT2D eigenvalue weighted by atomic mass is 19.1. The third-order valence-corrected chi connectivity index (χ3v) is 7.06. The van der Waals surface area contributed by atoms with Crippen LogP contribution in [0.25, 0.3) is 0 Å². The second-order valence-electron chi connectivity index (χ2n) is 10.9. The van der Waals surface area contributed by atoms with E-state index in [1.807, 2.05) is 13.1 Å². The lowest BCUT2D eigenvalue weighted by atomic mass is 10.0. The molecule has 12 heteroatoms. The standard InChI is InChI=1S/C13H10F2.C13H18FN3O3.C8H18N2.C2H2.CH5N/c14-12-5-1-10(2-6-12)9-11-3-7-13(15)8-4-11;14-12-4-16-5-13(15)11(12)2-1-10-3-17-9(7-20-10)6-19-8-18;1-5-8(9-2)6-7-10(3)4;2*1-2/h1-8H,9H2;4-5,8-10,17H,1-3,6-7,15H2;5,8-9H,1,6-7H2,2-4H3;1-2H;2H2,1H3/t;9-,10-;;;/m.1.../s1. The Morgan fingerprint density at radius 3 is 2.08 bits per heavy atom. The molecule has 0 spiro atoms. The quantitative estimate of drug-likeness (QED) is 0.118. The van der Waals surface area contributed by atoms with Crippen molar-refractivity contribution in [3.8, 4) is 12.8 Å². The Morgan fingerprint density at radius 1 is 1.08 bits per heavy atom. The fourth-order valence-corrected chi connectivity index (χ4v) is 4.38. The maximum absolute atomic E-state index is 13.6. The number of rotatable bonds is 13. The summed E-state index contributed by atoms with van der Waals surface area (Å²) in [6.45, 7) is 6.65. The van der Waals surface area contributed by atoms with Crippen molar-refractivity contribution < 1.29 is 27.4 Å². The lowest BCUT2D eigenvalue weighted by molar-refractivity contribution is -0.130. The van der Waals surface area contributed by atoms with Crippen molar-refractivity contribution in [2.75, 3.05) is 60.2 Å². The van der Waals surface area contributed by atoms with Crippen LogP contribution in [-0.2, 0) is 27.1 Å². The summed E-state index contributed by atoms with van der Waals surface area (Å²) in [4.78, 5) is 16.0. The first-order valence-corrected chi connectivity index (χ1v) is 15.8. The van der Waals surface area contributed by atoms with Crippen LogP contribution in [0.4, 0.5) is 18.9 Å². The zero-order valence-corrected chi connectivity index (χ0v) is 29.1. The molecule has 49 heavy (non-hydrogen) atoms. The summed E-state index contributed by atoms with van der Waals surface area (Å²) in [6, 6.07) is 13.1. The van der Waals surface area contributed by atoms with Crippen LogP contribution < -0.4 is 22.1 Å². The molecule has 4 rings (SSSR count). The maximum atomic E-state index is 13.6. The molecule has 1 fully saturated rings. The summed E-state index contributed by atoms with van der Waals surface area (Å²) in [5, 5.41) is 6.39.